The zero-order valence-corrected chi connectivity index (χ0v) is 17.7. The van der Waals surface area contributed by atoms with E-state index in [-0.39, 0.29) is 24.8 Å². The van der Waals surface area contributed by atoms with E-state index in [1.54, 1.807) is 42.5 Å². The number of carbonyl (C=O) groups is 1. The van der Waals surface area contributed by atoms with Crippen molar-refractivity contribution in [1.82, 2.24) is 29.8 Å². The lowest BCUT2D eigenvalue weighted by atomic mass is 10.2. The first kappa shape index (κ1) is 20.3. The highest BCUT2D eigenvalue weighted by atomic mass is 35.5. The predicted octanol–water partition coefficient (Wildman–Crippen LogP) is 2.64. The Labute approximate surface area is 190 Å². The molecule has 1 amide bonds. The third-order valence-corrected chi connectivity index (χ3v) is 5.59. The number of nitrogens with zero attached hydrogens (tertiary/aromatic N) is 5. The summed E-state index contributed by atoms with van der Waals surface area (Å²) in [6.45, 7) is 0.272. The van der Waals surface area contributed by atoms with Crippen LogP contribution in [0, 0.1) is 0 Å². The highest BCUT2D eigenvalue weighted by Gasteiger charge is 2.30. The number of benzene rings is 2. The summed E-state index contributed by atoms with van der Waals surface area (Å²) in [4.78, 5) is 29.1. The molecule has 0 saturated carbocycles. The number of rotatable bonds is 4. The van der Waals surface area contributed by atoms with E-state index in [0.717, 1.165) is 0 Å². The molecule has 1 aliphatic heterocycles. The van der Waals surface area contributed by atoms with Crippen LogP contribution in [0.3, 0.4) is 0 Å². The Balaban J connectivity index is 1.38. The van der Waals surface area contributed by atoms with Crippen LogP contribution in [0.4, 0.5) is 0 Å². The van der Waals surface area contributed by atoms with Crippen LogP contribution < -0.4 is 15.8 Å². The van der Waals surface area contributed by atoms with Gasteiger partial charge in [-0.25, -0.2) is 19.0 Å². The van der Waals surface area contributed by atoms with E-state index in [9.17, 15) is 9.59 Å². The van der Waals surface area contributed by atoms with Gasteiger partial charge in [-0.1, -0.05) is 46.6 Å². The van der Waals surface area contributed by atoms with Gasteiger partial charge in [0, 0.05) is 15.6 Å². The molecule has 12 heteroatoms. The molecule has 0 spiro atoms. The summed E-state index contributed by atoms with van der Waals surface area (Å²) in [6, 6.07) is 11.3. The fraction of sp³-hybridized carbons (Fsp3) is 0.150. The number of halogens is 2. The van der Waals surface area contributed by atoms with Gasteiger partial charge in [-0.2, -0.15) is 0 Å². The summed E-state index contributed by atoms with van der Waals surface area (Å²) in [6.07, 6.45) is 1.40. The standard InChI is InChI=1S/C20H14Cl2N6O4/c21-12-4-3-5-13(22)11(12)8-27-10-23-17(25-27)19(29)24-14-9-31-16-7-2-1-6-15(16)28-18(14)26-32-20(28)30/h1-7,10,14H,8-9H2,(H,24,29)/t14-/m0/s1. The van der Waals surface area contributed by atoms with E-state index in [0.29, 0.717) is 27.0 Å². The third kappa shape index (κ3) is 3.63. The summed E-state index contributed by atoms with van der Waals surface area (Å²) in [5.41, 5.74) is 1.14. The number of carbonyl (C=O) groups excluding carboxylic acids is 1. The highest BCUT2D eigenvalue weighted by molar-refractivity contribution is 6.35. The SMILES string of the molecule is O=C(N[C@H]1COc2ccccc2-n2c1noc2=O)c1ncn(Cc2c(Cl)cccc2Cl)n1. The van der Waals surface area contributed by atoms with Crippen molar-refractivity contribution < 1.29 is 14.1 Å². The molecule has 0 bridgehead atoms. The van der Waals surface area contributed by atoms with Crippen molar-refractivity contribution in [2.24, 2.45) is 0 Å². The first-order valence-electron chi connectivity index (χ1n) is 9.45. The molecule has 0 radical (unpaired) electrons. The Hall–Kier alpha value is -3.63. The second-order valence-corrected chi connectivity index (χ2v) is 7.73. The minimum absolute atomic E-state index is 0.0324. The number of para-hydroxylation sites is 2. The van der Waals surface area contributed by atoms with Gasteiger partial charge in [0.1, 0.15) is 24.7 Å². The Morgan fingerprint density at radius 1 is 1.16 bits per heavy atom. The first-order valence-corrected chi connectivity index (χ1v) is 10.2. The van der Waals surface area contributed by atoms with Crippen molar-refractivity contribution in [3.8, 4) is 11.4 Å². The lowest BCUT2D eigenvalue weighted by Gasteiger charge is -2.13. The Kier molecular flexibility index (Phi) is 5.16. The van der Waals surface area contributed by atoms with Crippen molar-refractivity contribution in [3.63, 3.8) is 0 Å². The molecule has 0 fully saturated rings. The molecule has 1 N–H and O–H groups in total. The molecule has 1 aliphatic rings. The third-order valence-electron chi connectivity index (χ3n) is 4.88. The number of aromatic nitrogens is 5. The van der Waals surface area contributed by atoms with E-state index >= 15 is 0 Å². The van der Waals surface area contributed by atoms with Crippen molar-refractivity contribution in [1.29, 1.82) is 0 Å². The van der Waals surface area contributed by atoms with Crippen LogP contribution in [0.25, 0.3) is 5.69 Å². The lowest BCUT2D eigenvalue weighted by Crippen LogP contribution is -2.34. The molecule has 162 valence electrons. The molecular weight excluding hydrogens is 459 g/mol. The van der Waals surface area contributed by atoms with Crippen molar-refractivity contribution in [2.75, 3.05) is 6.61 Å². The summed E-state index contributed by atoms with van der Waals surface area (Å²) in [7, 11) is 0. The fourth-order valence-corrected chi connectivity index (χ4v) is 3.88. The van der Waals surface area contributed by atoms with Gasteiger partial charge in [-0.05, 0) is 24.3 Å². The van der Waals surface area contributed by atoms with Gasteiger partial charge in [-0.15, -0.1) is 5.10 Å². The van der Waals surface area contributed by atoms with Gasteiger partial charge in [0.25, 0.3) is 5.91 Å². The van der Waals surface area contributed by atoms with Gasteiger partial charge in [0.2, 0.25) is 5.82 Å². The summed E-state index contributed by atoms with van der Waals surface area (Å²) >= 11 is 12.4. The maximum atomic E-state index is 12.8. The maximum Gasteiger partial charge on any atom is 0.446 e. The summed E-state index contributed by atoms with van der Waals surface area (Å²) in [5, 5.41) is 11.7. The summed E-state index contributed by atoms with van der Waals surface area (Å²) in [5.74, 6) is -0.662. The molecule has 2 aromatic carbocycles. The van der Waals surface area contributed by atoms with Crippen LogP contribution >= 0.6 is 23.2 Å². The van der Waals surface area contributed by atoms with Crippen LogP contribution in [-0.4, -0.2) is 37.0 Å². The number of hydrogen-bond donors (Lipinski definition) is 1. The fourth-order valence-electron chi connectivity index (χ4n) is 3.36. The van der Waals surface area contributed by atoms with Crippen LogP contribution in [0.5, 0.6) is 5.75 Å². The maximum absolute atomic E-state index is 12.8. The van der Waals surface area contributed by atoms with Gasteiger partial charge in [0.15, 0.2) is 5.82 Å². The van der Waals surface area contributed by atoms with Crippen molar-refractivity contribution in [3.05, 3.63) is 86.6 Å². The van der Waals surface area contributed by atoms with E-state index in [1.807, 2.05) is 0 Å². The Bertz CT molecular complexity index is 1360. The topological polar surface area (TPSA) is 117 Å². The van der Waals surface area contributed by atoms with Gasteiger partial charge >= 0.3 is 5.76 Å². The molecule has 2 aromatic heterocycles. The second kappa shape index (κ2) is 8.13. The molecule has 1 atom stereocenters. The van der Waals surface area contributed by atoms with Crippen molar-refractivity contribution in [2.45, 2.75) is 12.6 Å². The lowest BCUT2D eigenvalue weighted by molar-refractivity contribution is 0.0908. The Morgan fingerprint density at radius 2 is 1.94 bits per heavy atom. The number of amides is 1. The minimum Gasteiger partial charge on any atom is -0.489 e. The van der Waals surface area contributed by atoms with Gasteiger partial charge < -0.3 is 10.1 Å². The van der Waals surface area contributed by atoms with E-state index < -0.39 is 17.7 Å². The number of fused-ring (bicyclic) bond motifs is 3. The number of nitrogens with one attached hydrogen (secondary N) is 1. The molecule has 4 aromatic rings. The molecule has 5 rings (SSSR count). The monoisotopic (exact) mass is 472 g/mol. The largest absolute Gasteiger partial charge is 0.489 e. The molecule has 32 heavy (non-hydrogen) atoms. The normalized spacial score (nSPS) is 14.8. The van der Waals surface area contributed by atoms with E-state index in [1.165, 1.54) is 15.6 Å². The zero-order valence-electron chi connectivity index (χ0n) is 16.2. The van der Waals surface area contributed by atoms with Crippen LogP contribution in [0.2, 0.25) is 10.0 Å². The second-order valence-electron chi connectivity index (χ2n) is 6.91. The average molecular weight is 473 g/mol. The predicted molar refractivity (Wildman–Crippen MR) is 113 cm³/mol. The van der Waals surface area contributed by atoms with Gasteiger partial charge in [0.05, 0.1) is 12.2 Å². The smallest absolute Gasteiger partial charge is 0.446 e. The van der Waals surface area contributed by atoms with E-state index in [4.69, 9.17) is 32.5 Å². The number of hydrogen-bond acceptors (Lipinski definition) is 7. The highest BCUT2D eigenvalue weighted by Crippen LogP contribution is 2.29. The molecule has 0 unspecified atom stereocenters. The average Bonchev–Trinajstić information content (AvgIpc) is 3.37. The van der Waals surface area contributed by atoms with Crippen LogP contribution in [0.1, 0.15) is 28.0 Å². The van der Waals surface area contributed by atoms with E-state index in [2.05, 4.69) is 20.6 Å². The number of ether oxygens (including phenoxy) is 1. The molecule has 0 aliphatic carbocycles. The Morgan fingerprint density at radius 3 is 2.75 bits per heavy atom. The van der Waals surface area contributed by atoms with Gasteiger partial charge in [-0.3, -0.25) is 9.32 Å². The quantitative estimate of drug-likeness (QED) is 0.484. The molecule has 3 heterocycles. The van der Waals surface area contributed by atoms with Crippen LogP contribution in [-0.2, 0) is 6.54 Å². The summed E-state index contributed by atoms with van der Waals surface area (Å²) < 4.78 is 13.3. The molecule has 0 saturated heterocycles. The molecular formula is C20H14Cl2N6O4. The zero-order chi connectivity index (χ0) is 22.2. The molecule has 10 nitrogen and oxygen atoms in total. The van der Waals surface area contributed by atoms with Crippen molar-refractivity contribution >= 4 is 29.1 Å². The minimum atomic E-state index is -0.772. The van der Waals surface area contributed by atoms with Crippen LogP contribution in [0.15, 0.2) is 58.1 Å². The first-order chi connectivity index (χ1) is 15.5.